The lowest BCUT2D eigenvalue weighted by Crippen LogP contribution is -2.46. The van der Waals surface area contributed by atoms with Gasteiger partial charge in [-0.2, -0.15) is 0 Å². The second-order valence-electron chi connectivity index (χ2n) is 5.23. The van der Waals surface area contributed by atoms with Crippen molar-refractivity contribution >= 4 is 34.6 Å². The van der Waals surface area contributed by atoms with Crippen molar-refractivity contribution in [2.24, 2.45) is 0 Å². The maximum Gasteiger partial charge on any atom is 0.267 e. The number of thiocarbonyl (C=S) groups is 1. The molecule has 1 amide bonds. The monoisotopic (exact) mass is 331 g/mol. The van der Waals surface area contributed by atoms with E-state index in [4.69, 9.17) is 12.2 Å². The molecule has 0 spiro atoms. The predicted octanol–water partition coefficient (Wildman–Crippen LogP) is 3.39. The number of carbonyl (C=O) groups is 1. The lowest BCUT2D eigenvalue weighted by Gasteiger charge is -2.37. The number of thiophene rings is 1. The molecule has 1 aliphatic heterocycles. The minimum absolute atomic E-state index is 0.129. The standard InChI is InChI=1S/C16H17N3OS2/c20-15(14-7-4-10-22-14)18-16(21)19-9-2-1-6-13(19)12-5-3-8-17-11-12/h3-5,7-8,10-11,13H,1-2,6,9H2,(H,18,20,21)/t13-/m1/s1. The molecule has 0 radical (unpaired) electrons. The van der Waals surface area contributed by atoms with Crippen molar-refractivity contribution in [1.82, 2.24) is 15.2 Å². The summed E-state index contributed by atoms with van der Waals surface area (Å²) in [4.78, 5) is 19.2. The summed E-state index contributed by atoms with van der Waals surface area (Å²) in [5.41, 5.74) is 1.15. The number of pyridine rings is 1. The van der Waals surface area contributed by atoms with Crippen LogP contribution in [0, 0.1) is 0 Å². The minimum Gasteiger partial charge on any atom is -0.342 e. The molecule has 2 aromatic heterocycles. The van der Waals surface area contributed by atoms with Crippen LogP contribution in [0.5, 0.6) is 0 Å². The van der Waals surface area contributed by atoms with Gasteiger partial charge in [0.25, 0.3) is 5.91 Å². The highest BCUT2D eigenvalue weighted by molar-refractivity contribution is 7.80. The Kier molecular flexibility index (Phi) is 4.80. The van der Waals surface area contributed by atoms with Crippen molar-refractivity contribution in [2.75, 3.05) is 6.54 Å². The molecule has 1 N–H and O–H groups in total. The van der Waals surface area contributed by atoms with Crippen molar-refractivity contribution in [1.29, 1.82) is 0 Å². The molecule has 4 nitrogen and oxygen atoms in total. The van der Waals surface area contributed by atoms with Crippen LogP contribution >= 0.6 is 23.6 Å². The van der Waals surface area contributed by atoms with E-state index in [1.165, 1.54) is 11.3 Å². The number of amides is 1. The molecule has 6 heteroatoms. The van der Waals surface area contributed by atoms with Crippen LogP contribution in [0.3, 0.4) is 0 Å². The Morgan fingerprint density at radius 2 is 2.27 bits per heavy atom. The molecular formula is C16H17N3OS2. The second-order valence-corrected chi connectivity index (χ2v) is 6.56. The van der Waals surface area contributed by atoms with Gasteiger partial charge in [-0.1, -0.05) is 12.1 Å². The minimum atomic E-state index is -0.129. The van der Waals surface area contributed by atoms with E-state index in [2.05, 4.69) is 21.3 Å². The van der Waals surface area contributed by atoms with E-state index in [1.54, 1.807) is 12.3 Å². The Labute approximate surface area is 139 Å². The Morgan fingerprint density at radius 1 is 1.36 bits per heavy atom. The van der Waals surface area contributed by atoms with Crippen LogP contribution in [0.4, 0.5) is 0 Å². The van der Waals surface area contributed by atoms with Crippen LogP contribution in [-0.2, 0) is 0 Å². The zero-order valence-corrected chi connectivity index (χ0v) is 13.7. The molecule has 0 unspecified atom stereocenters. The second kappa shape index (κ2) is 6.98. The fourth-order valence-corrected chi connectivity index (χ4v) is 3.66. The molecule has 0 aliphatic carbocycles. The quantitative estimate of drug-likeness (QED) is 0.857. The zero-order chi connectivity index (χ0) is 15.4. The summed E-state index contributed by atoms with van der Waals surface area (Å²) < 4.78 is 0. The molecule has 114 valence electrons. The molecular weight excluding hydrogens is 314 g/mol. The van der Waals surface area contributed by atoms with Gasteiger partial charge in [0.05, 0.1) is 10.9 Å². The zero-order valence-electron chi connectivity index (χ0n) is 12.1. The number of likely N-dealkylation sites (tertiary alicyclic amines) is 1. The van der Waals surface area contributed by atoms with Crippen LogP contribution < -0.4 is 5.32 Å². The first-order valence-electron chi connectivity index (χ1n) is 7.31. The molecule has 0 aromatic carbocycles. The SMILES string of the molecule is O=C(NC(=S)N1CCCC[C@@H]1c1cccnc1)c1cccs1. The van der Waals surface area contributed by atoms with E-state index < -0.39 is 0 Å². The summed E-state index contributed by atoms with van der Waals surface area (Å²) >= 11 is 6.90. The van der Waals surface area contributed by atoms with E-state index in [1.807, 2.05) is 23.7 Å². The maximum atomic E-state index is 12.2. The molecule has 1 fully saturated rings. The van der Waals surface area contributed by atoms with Crippen LogP contribution in [0.25, 0.3) is 0 Å². The summed E-state index contributed by atoms with van der Waals surface area (Å²) in [5.74, 6) is -0.129. The van der Waals surface area contributed by atoms with Crippen molar-refractivity contribution in [3.05, 3.63) is 52.5 Å². The number of nitrogens with zero attached hydrogens (tertiary/aromatic N) is 2. The van der Waals surface area contributed by atoms with Crippen molar-refractivity contribution in [3.8, 4) is 0 Å². The number of hydrogen-bond donors (Lipinski definition) is 1. The fraction of sp³-hybridized carbons (Fsp3) is 0.312. The number of piperidine rings is 1. The van der Waals surface area contributed by atoms with Gasteiger partial charge in [-0.05, 0) is 54.6 Å². The van der Waals surface area contributed by atoms with Crippen molar-refractivity contribution < 1.29 is 4.79 Å². The van der Waals surface area contributed by atoms with Gasteiger partial charge < -0.3 is 4.90 Å². The maximum absolute atomic E-state index is 12.2. The number of rotatable bonds is 2. The van der Waals surface area contributed by atoms with Crippen molar-refractivity contribution in [2.45, 2.75) is 25.3 Å². The van der Waals surface area contributed by atoms with Gasteiger partial charge in [0.1, 0.15) is 0 Å². The highest BCUT2D eigenvalue weighted by Crippen LogP contribution is 2.30. The van der Waals surface area contributed by atoms with Gasteiger partial charge in [-0.3, -0.25) is 15.1 Å². The summed E-state index contributed by atoms with van der Waals surface area (Å²) in [6, 6.07) is 7.87. The summed E-state index contributed by atoms with van der Waals surface area (Å²) in [6.07, 6.45) is 6.93. The highest BCUT2D eigenvalue weighted by atomic mass is 32.1. The molecule has 3 heterocycles. The molecule has 22 heavy (non-hydrogen) atoms. The third-order valence-corrected chi connectivity index (χ3v) is 5.00. The van der Waals surface area contributed by atoms with Crippen LogP contribution in [0.1, 0.15) is 40.5 Å². The Hall–Kier alpha value is -1.79. The van der Waals surface area contributed by atoms with E-state index in [-0.39, 0.29) is 11.9 Å². The largest absolute Gasteiger partial charge is 0.342 e. The normalized spacial score (nSPS) is 18.0. The lowest BCUT2D eigenvalue weighted by atomic mass is 9.97. The first kappa shape index (κ1) is 15.1. The molecule has 1 aliphatic rings. The topological polar surface area (TPSA) is 45.2 Å². The van der Waals surface area contributed by atoms with Crippen LogP contribution in [-0.4, -0.2) is 27.4 Å². The Bertz CT molecular complexity index is 643. The first-order chi connectivity index (χ1) is 10.8. The smallest absolute Gasteiger partial charge is 0.267 e. The van der Waals surface area contributed by atoms with E-state index in [9.17, 15) is 4.79 Å². The molecule has 1 atom stereocenters. The van der Waals surface area contributed by atoms with Crippen LogP contribution in [0.2, 0.25) is 0 Å². The molecule has 0 saturated carbocycles. The molecule has 1 saturated heterocycles. The van der Waals surface area contributed by atoms with Gasteiger partial charge in [0.15, 0.2) is 5.11 Å². The van der Waals surface area contributed by atoms with Gasteiger partial charge >= 0.3 is 0 Å². The first-order valence-corrected chi connectivity index (χ1v) is 8.60. The predicted molar refractivity (Wildman–Crippen MR) is 91.9 cm³/mol. The van der Waals surface area contributed by atoms with E-state index in [0.717, 1.165) is 31.4 Å². The summed E-state index contributed by atoms with van der Waals surface area (Å²) in [6.45, 7) is 0.864. The number of aromatic nitrogens is 1. The van der Waals surface area contributed by atoms with Crippen LogP contribution in [0.15, 0.2) is 42.0 Å². The van der Waals surface area contributed by atoms with Crippen molar-refractivity contribution in [3.63, 3.8) is 0 Å². The average Bonchev–Trinajstić information content (AvgIpc) is 3.10. The third-order valence-electron chi connectivity index (χ3n) is 3.80. The van der Waals surface area contributed by atoms with Gasteiger partial charge in [-0.15, -0.1) is 11.3 Å². The molecule has 0 bridgehead atoms. The number of hydrogen-bond acceptors (Lipinski definition) is 4. The summed E-state index contributed by atoms with van der Waals surface area (Å²) in [7, 11) is 0. The van der Waals surface area contributed by atoms with Gasteiger partial charge in [0, 0.05) is 18.9 Å². The third kappa shape index (κ3) is 3.34. The molecule has 2 aromatic rings. The Morgan fingerprint density at radius 3 is 3.00 bits per heavy atom. The lowest BCUT2D eigenvalue weighted by molar-refractivity contribution is 0.0973. The summed E-state index contributed by atoms with van der Waals surface area (Å²) in [5, 5.41) is 5.25. The number of carbonyl (C=O) groups excluding carboxylic acids is 1. The van der Waals surface area contributed by atoms with Gasteiger partial charge in [-0.25, -0.2) is 0 Å². The average molecular weight is 331 g/mol. The fourth-order valence-electron chi connectivity index (χ4n) is 2.73. The highest BCUT2D eigenvalue weighted by Gasteiger charge is 2.27. The molecule has 3 rings (SSSR count). The Balaban J connectivity index is 1.73. The van der Waals surface area contributed by atoms with E-state index in [0.29, 0.717) is 9.99 Å². The van der Waals surface area contributed by atoms with E-state index >= 15 is 0 Å². The van der Waals surface area contributed by atoms with Gasteiger partial charge in [0.2, 0.25) is 0 Å². The number of nitrogens with one attached hydrogen (secondary N) is 1.